The zero-order valence-corrected chi connectivity index (χ0v) is 64.7. The molecule has 4 atom stereocenters. The molecule has 2 aromatic carbocycles. The average Bonchev–Trinajstić information content (AvgIpc) is 1.63. The van der Waals surface area contributed by atoms with Crippen molar-refractivity contribution in [2.24, 2.45) is 0 Å². The van der Waals surface area contributed by atoms with E-state index in [-0.39, 0.29) is 44.5 Å². The van der Waals surface area contributed by atoms with Gasteiger partial charge < -0.3 is 30.2 Å². The topological polar surface area (TPSA) is 271 Å². The second kappa shape index (κ2) is 43.7. The lowest BCUT2D eigenvalue weighted by Gasteiger charge is -2.33. The number of halogens is 2. The summed E-state index contributed by atoms with van der Waals surface area (Å²) >= 11 is 15.3. The summed E-state index contributed by atoms with van der Waals surface area (Å²) in [5.74, 6) is 32.1. The van der Waals surface area contributed by atoms with Crippen LogP contribution >= 0.6 is 68.7 Å². The number of benzene rings is 2. The van der Waals surface area contributed by atoms with Gasteiger partial charge in [-0.2, -0.15) is 0 Å². The van der Waals surface area contributed by atoms with Gasteiger partial charge in [-0.1, -0.05) is 64.2 Å². The molecule has 0 radical (unpaired) electrons. The quantitative estimate of drug-likeness (QED) is 0.0599. The van der Waals surface area contributed by atoms with Gasteiger partial charge in [0.1, 0.15) is 31.4 Å². The Morgan fingerprint density at radius 1 is 0.703 bits per heavy atom. The van der Waals surface area contributed by atoms with E-state index in [2.05, 4.69) is 171 Å². The number of rotatable bonds is 16. The summed E-state index contributed by atoms with van der Waals surface area (Å²) < 4.78 is 66.0. The van der Waals surface area contributed by atoms with E-state index in [1.165, 1.54) is 11.3 Å². The molecule has 3 aliphatic rings. The summed E-state index contributed by atoms with van der Waals surface area (Å²) in [6.45, 7) is 29.0. The molecule has 0 aliphatic carbocycles. The highest BCUT2D eigenvalue weighted by Crippen LogP contribution is 2.82. The molecule has 1 unspecified atom stereocenters. The molecule has 21 nitrogen and oxygen atoms in total. The van der Waals surface area contributed by atoms with Crippen molar-refractivity contribution in [2.75, 3.05) is 49.3 Å². The first kappa shape index (κ1) is 86.3. The number of anilines is 2. The number of nitrogens with two attached hydrogens (primary N) is 1. The molecule has 0 amide bonds. The molecule has 0 saturated carbocycles. The SMILES string of the molecule is C.C#CC#CC#CC#CC#CC#CC#CC.CCCP1(=O)OP(=O)(CCC)OP(=O)(CCC)O1.CCN(C(C)C)C(C)C.C[C@@H]1C[C@H](Nc2c(N)cnc3ccc(Cl)cc23)CCO1.Cc1nnc(CC(=O)O)s1.Cc1nnc(Cc2nc3cnc4ccc(Cl)cc4c3n2C2CCO[C@H](C)C2)s1. The van der Waals surface area contributed by atoms with Gasteiger partial charge >= 0.3 is 28.8 Å². The minimum absolute atomic E-state index is 0. The Balaban J connectivity index is 0.000000268. The maximum atomic E-state index is 12.3. The van der Waals surface area contributed by atoms with Crippen LogP contribution < -0.4 is 11.1 Å². The van der Waals surface area contributed by atoms with Gasteiger partial charge in [0.15, 0.2) is 0 Å². The number of nitrogens with zero attached hydrogens (tertiary/aromatic N) is 9. The Hall–Kier alpha value is -7.13. The van der Waals surface area contributed by atoms with Crippen LogP contribution in [0, 0.1) is 97.2 Å². The first-order valence-corrected chi connectivity index (χ1v) is 40.4. The van der Waals surface area contributed by atoms with Gasteiger partial charge in [-0.25, -0.2) is 17.9 Å². The third-order valence-corrected chi connectivity index (χ3v) is 25.7. The van der Waals surface area contributed by atoms with Gasteiger partial charge in [0, 0.05) is 58.2 Å². The number of pyridine rings is 2. The van der Waals surface area contributed by atoms with Crippen molar-refractivity contribution >= 4 is 119 Å². The molecule has 3 aliphatic heterocycles. The molecule has 0 spiro atoms. The first-order chi connectivity index (χ1) is 47.7. The summed E-state index contributed by atoms with van der Waals surface area (Å²) in [5, 5.41) is 34.4. The summed E-state index contributed by atoms with van der Waals surface area (Å²) in [4.78, 5) is 26.5. The molecule has 101 heavy (non-hydrogen) atoms. The normalized spacial score (nSPS) is 20.0. The van der Waals surface area contributed by atoms with Crippen molar-refractivity contribution in [3.63, 3.8) is 0 Å². The number of carbonyl (C=O) groups is 1. The van der Waals surface area contributed by atoms with Crippen LogP contribution in [0.25, 0.3) is 32.8 Å². The molecular formula is C73H92Cl2N11O10P3S2. The van der Waals surface area contributed by atoms with Crippen LogP contribution in [0.5, 0.6) is 0 Å². The van der Waals surface area contributed by atoms with Crippen molar-refractivity contribution in [1.29, 1.82) is 0 Å². The monoisotopic (exact) mass is 1510 g/mol. The Kier molecular flexibility index (Phi) is 37.4. The van der Waals surface area contributed by atoms with Gasteiger partial charge in [-0.05, 0) is 221 Å². The van der Waals surface area contributed by atoms with Crippen LogP contribution in [0.1, 0.15) is 160 Å². The van der Waals surface area contributed by atoms with E-state index >= 15 is 0 Å². The minimum atomic E-state index is -3.57. The number of ether oxygens (including phenoxy) is 2. The molecule has 5 aromatic heterocycles. The Morgan fingerprint density at radius 2 is 1.18 bits per heavy atom. The Labute approximate surface area is 614 Å². The largest absolute Gasteiger partial charge is 0.481 e. The molecule has 3 fully saturated rings. The van der Waals surface area contributed by atoms with E-state index in [9.17, 15) is 18.5 Å². The maximum Gasteiger partial charge on any atom is 0.345 e. The van der Waals surface area contributed by atoms with Gasteiger partial charge in [0.2, 0.25) is 0 Å². The van der Waals surface area contributed by atoms with E-state index in [1.807, 2.05) is 49.5 Å². The van der Waals surface area contributed by atoms with Crippen molar-refractivity contribution in [3.05, 3.63) is 84.7 Å². The van der Waals surface area contributed by atoms with E-state index in [4.69, 9.17) is 67.9 Å². The number of hydrogen-bond acceptors (Lipinski definition) is 21. The predicted molar refractivity (Wildman–Crippen MR) is 412 cm³/mol. The Bertz CT molecular complexity index is 4410. The number of aryl methyl sites for hydroxylation is 2. The van der Waals surface area contributed by atoms with Crippen LogP contribution in [0.3, 0.4) is 0 Å². The maximum absolute atomic E-state index is 12.3. The third kappa shape index (κ3) is 28.9. The van der Waals surface area contributed by atoms with E-state index < -0.39 is 28.8 Å². The molecule has 28 heteroatoms. The predicted octanol–water partition coefficient (Wildman–Crippen LogP) is 16.9. The van der Waals surface area contributed by atoms with Crippen molar-refractivity contribution in [3.8, 4) is 83.4 Å². The minimum Gasteiger partial charge on any atom is -0.481 e. The molecule has 7 aromatic rings. The zero-order valence-electron chi connectivity index (χ0n) is 58.9. The number of fused-ring (bicyclic) bond motifs is 4. The highest BCUT2D eigenvalue weighted by molar-refractivity contribution is 7.80. The molecule has 10 rings (SSSR count). The third-order valence-electron chi connectivity index (χ3n) is 14.6. The molecule has 4 N–H and O–H groups in total. The molecule has 8 heterocycles. The van der Waals surface area contributed by atoms with E-state index in [1.54, 1.807) is 52.2 Å². The van der Waals surface area contributed by atoms with Crippen molar-refractivity contribution in [2.45, 2.75) is 192 Å². The van der Waals surface area contributed by atoms with Crippen LogP contribution in [0.4, 0.5) is 11.4 Å². The number of carboxylic acids is 1. The highest BCUT2D eigenvalue weighted by atomic mass is 35.5. The van der Waals surface area contributed by atoms with Crippen LogP contribution in [-0.2, 0) is 53.7 Å². The van der Waals surface area contributed by atoms with E-state index in [0.717, 1.165) is 105 Å². The Morgan fingerprint density at radius 3 is 1.62 bits per heavy atom. The van der Waals surface area contributed by atoms with Crippen LogP contribution in [0.15, 0.2) is 48.8 Å². The number of carboxylic acid groups (broad SMARTS) is 1. The van der Waals surface area contributed by atoms with E-state index in [0.29, 0.717) is 70.6 Å². The summed E-state index contributed by atoms with van der Waals surface area (Å²) in [7, 11) is -10.7. The molecule has 540 valence electrons. The number of terminal acetylenes is 1. The fourth-order valence-corrected chi connectivity index (χ4v) is 21.7. The highest BCUT2D eigenvalue weighted by Gasteiger charge is 2.51. The second-order valence-electron chi connectivity index (χ2n) is 23.4. The average molecular weight is 1510 g/mol. The first-order valence-electron chi connectivity index (χ1n) is 32.8. The fraction of sp³-hybridized carbons (Fsp3) is 0.479. The van der Waals surface area contributed by atoms with Gasteiger partial charge in [0.05, 0.1) is 83.9 Å². The lowest BCUT2D eigenvalue weighted by Crippen LogP contribution is -2.36. The summed E-state index contributed by atoms with van der Waals surface area (Å²) in [6.07, 6.45) is 15.4. The molecule has 3 saturated heterocycles. The number of hydrogen-bond donors (Lipinski definition) is 3. The van der Waals surface area contributed by atoms with Crippen LogP contribution in [-0.4, -0.2) is 124 Å². The number of imidazole rings is 1. The molecule has 0 bridgehead atoms. The number of nitrogen functional groups attached to an aromatic ring is 1. The number of nitrogens with one attached hydrogen (secondary N) is 1. The smallest absolute Gasteiger partial charge is 0.345 e. The summed E-state index contributed by atoms with van der Waals surface area (Å²) in [6, 6.07) is 13.6. The van der Waals surface area contributed by atoms with Crippen molar-refractivity contribution in [1.82, 2.24) is 44.8 Å². The van der Waals surface area contributed by atoms with Gasteiger partial charge in [0.25, 0.3) is 0 Å². The lowest BCUT2D eigenvalue weighted by atomic mass is 10.0. The fourth-order valence-electron chi connectivity index (χ4n) is 10.7. The number of aliphatic carboxylic acids is 1. The zero-order chi connectivity index (χ0) is 73.4. The van der Waals surface area contributed by atoms with Crippen molar-refractivity contribution < 1.29 is 46.0 Å². The van der Waals surface area contributed by atoms with Gasteiger partial charge in [-0.15, -0.1) is 49.5 Å². The second-order valence-corrected chi connectivity index (χ2v) is 33.8. The lowest BCUT2D eigenvalue weighted by molar-refractivity contribution is -0.136. The van der Waals surface area contributed by atoms with Gasteiger partial charge in [-0.3, -0.25) is 33.4 Å². The number of aromatic nitrogens is 8. The molecular weight excluding hydrogens is 1420 g/mol. The standard InChI is InChI=1S/C20H20ClN5OS.C15H18ClN3O.C15H4.C9H21O6P3.C8H19N.C5H6N2O2S.CH4/c1-11-7-14(5-6-27-11)26-18(9-19-25-24-12(2)28-19)23-17-10-22-16-4-3-13(21)8-15(16)20(17)26;1-9-6-11(4-5-20-9)19-15-12-7-10(16)2-3-14(12)18-8-13(15)17;1-3-5-7-9-11-13-15-14-12-10-8-6-4-2;1-4-7-16(10)13-17(11,8-5-2)15-18(12,14-16)9-6-3;1-6-9(7(2)3)8(4)5;1-3-6-7-4(10-3)2-5(8)9;/h3-4,8,10-11,14H,5-7,9H2,1-2H3;2-3,7-9,11H,4-6,17H2,1H3,(H,18,19);1H,2H3;4-9H2,1-3H3;7-8H,6H2,1-5H3;2H2,1H3,(H,8,9);1H4/t11-,14?;9-,11-;;;;;/m11...../s1. The van der Waals surface area contributed by atoms with Crippen LogP contribution in [0.2, 0.25) is 10.0 Å². The summed E-state index contributed by atoms with van der Waals surface area (Å²) in [5.41, 5.74) is 11.5.